The lowest BCUT2D eigenvalue weighted by atomic mass is 9.90. The van der Waals surface area contributed by atoms with Crippen molar-refractivity contribution in [2.24, 2.45) is 0 Å². The van der Waals surface area contributed by atoms with Crippen LogP contribution in [-0.2, 0) is 16.0 Å². The summed E-state index contributed by atoms with van der Waals surface area (Å²) in [6.07, 6.45) is 5.58. The molecule has 1 saturated heterocycles. The molecular weight excluding hydrogens is 418 g/mol. The molecule has 174 valence electrons. The van der Waals surface area contributed by atoms with E-state index < -0.39 is 5.60 Å². The number of nitrogens with zero attached hydrogens (tertiary/aromatic N) is 3. The predicted molar refractivity (Wildman–Crippen MR) is 126 cm³/mol. The minimum absolute atomic E-state index is 0.230. The van der Waals surface area contributed by atoms with Crippen molar-refractivity contribution in [1.29, 1.82) is 0 Å². The van der Waals surface area contributed by atoms with Crippen LogP contribution in [0.1, 0.15) is 61.0 Å². The van der Waals surface area contributed by atoms with Gasteiger partial charge in [-0.3, -0.25) is 0 Å². The highest BCUT2D eigenvalue weighted by Crippen LogP contribution is 2.30. The number of piperidine rings is 1. The van der Waals surface area contributed by atoms with Crippen LogP contribution in [0.2, 0.25) is 0 Å². The Balaban J connectivity index is 1.41. The Morgan fingerprint density at radius 1 is 1.09 bits per heavy atom. The molecule has 0 saturated carbocycles. The molecule has 1 aromatic carbocycles. The molecule has 0 N–H and O–H groups in total. The van der Waals surface area contributed by atoms with Gasteiger partial charge in [0.1, 0.15) is 11.2 Å². The molecule has 1 amide bonds. The van der Waals surface area contributed by atoms with E-state index in [9.17, 15) is 9.59 Å². The van der Waals surface area contributed by atoms with Crippen molar-refractivity contribution in [3.8, 4) is 0 Å². The van der Waals surface area contributed by atoms with Crippen LogP contribution in [0.15, 0.2) is 48.8 Å². The summed E-state index contributed by atoms with van der Waals surface area (Å²) in [5, 5.41) is 1.10. The second-order valence-corrected chi connectivity index (χ2v) is 9.56. The summed E-state index contributed by atoms with van der Waals surface area (Å²) in [5.41, 5.74) is 3.30. The lowest BCUT2D eigenvalue weighted by Crippen LogP contribution is -2.41. The molecule has 7 nitrogen and oxygen atoms in total. The van der Waals surface area contributed by atoms with Gasteiger partial charge < -0.3 is 18.9 Å². The third-order valence-corrected chi connectivity index (χ3v) is 5.97. The first-order valence-corrected chi connectivity index (χ1v) is 11.3. The molecule has 2 aromatic heterocycles. The number of pyridine rings is 1. The van der Waals surface area contributed by atoms with E-state index in [0.717, 1.165) is 29.4 Å². The van der Waals surface area contributed by atoms with Gasteiger partial charge in [-0.2, -0.15) is 0 Å². The van der Waals surface area contributed by atoms with Gasteiger partial charge >= 0.3 is 12.1 Å². The van der Waals surface area contributed by atoms with Crippen LogP contribution in [0.4, 0.5) is 4.79 Å². The molecule has 0 radical (unpaired) electrons. The van der Waals surface area contributed by atoms with E-state index in [-0.39, 0.29) is 12.1 Å². The van der Waals surface area contributed by atoms with Crippen molar-refractivity contribution < 1.29 is 19.1 Å². The van der Waals surface area contributed by atoms with Gasteiger partial charge in [0.05, 0.1) is 12.7 Å². The summed E-state index contributed by atoms with van der Waals surface area (Å²) in [5.74, 6) is 0.0499. The lowest BCUT2D eigenvalue weighted by molar-refractivity contribution is 0.0204. The molecule has 33 heavy (non-hydrogen) atoms. The standard InChI is InChI=1S/C26H31N3O4/c1-26(2,3)33-25(31)28-12-9-19(10-13-28)22-15-21-11-14-29(23(21)27-16-22)17-18-5-7-20(8-6-18)24(30)32-4/h5-8,11,14-16,19H,9-10,12-13,17H2,1-4H3. The Morgan fingerprint density at radius 3 is 2.42 bits per heavy atom. The topological polar surface area (TPSA) is 73.7 Å². The number of amides is 1. The minimum atomic E-state index is -0.473. The Bertz CT molecular complexity index is 1140. The number of ether oxygens (including phenoxy) is 2. The number of hydrogen-bond donors (Lipinski definition) is 0. The van der Waals surface area contributed by atoms with Gasteiger partial charge in [-0.25, -0.2) is 14.6 Å². The van der Waals surface area contributed by atoms with Gasteiger partial charge in [0.15, 0.2) is 0 Å². The van der Waals surface area contributed by atoms with E-state index in [1.807, 2.05) is 45.3 Å². The fourth-order valence-electron chi connectivity index (χ4n) is 4.23. The summed E-state index contributed by atoms with van der Waals surface area (Å²) in [4.78, 5) is 30.5. The third-order valence-electron chi connectivity index (χ3n) is 5.97. The molecule has 0 bridgehead atoms. The Hall–Kier alpha value is -3.35. The molecule has 0 aliphatic carbocycles. The smallest absolute Gasteiger partial charge is 0.410 e. The van der Waals surface area contributed by atoms with E-state index >= 15 is 0 Å². The third kappa shape index (κ3) is 5.35. The van der Waals surface area contributed by atoms with Crippen molar-refractivity contribution in [3.05, 3.63) is 65.5 Å². The number of aromatic nitrogens is 2. The second kappa shape index (κ2) is 9.25. The van der Waals surface area contributed by atoms with Crippen LogP contribution in [0.5, 0.6) is 0 Å². The maximum Gasteiger partial charge on any atom is 0.410 e. The zero-order valence-corrected chi connectivity index (χ0v) is 19.7. The molecule has 1 aliphatic rings. The van der Waals surface area contributed by atoms with Crippen LogP contribution in [0.25, 0.3) is 11.0 Å². The normalized spacial score (nSPS) is 15.0. The van der Waals surface area contributed by atoms with E-state index in [2.05, 4.69) is 16.7 Å². The van der Waals surface area contributed by atoms with Crippen LogP contribution in [0.3, 0.4) is 0 Å². The SMILES string of the molecule is COC(=O)c1ccc(Cn2ccc3cc(C4CCN(C(=O)OC(C)(C)C)CC4)cnc32)cc1. The van der Waals surface area contributed by atoms with Gasteiger partial charge in [-0.1, -0.05) is 12.1 Å². The van der Waals surface area contributed by atoms with Gasteiger partial charge in [0, 0.05) is 37.4 Å². The number of benzene rings is 1. The number of carbonyl (C=O) groups excluding carboxylic acids is 2. The molecular formula is C26H31N3O4. The Kier molecular flexibility index (Phi) is 6.40. The van der Waals surface area contributed by atoms with Gasteiger partial charge in [0.2, 0.25) is 0 Å². The zero-order chi connectivity index (χ0) is 23.6. The summed E-state index contributed by atoms with van der Waals surface area (Å²) in [7, 11) is 1.38. The molecule has 7 heteroatoms. The van der Waals surface area contributed by atoms with Gasteiger partial charge in [0.25, 0.3) is 0 Å². The average molecular weight is 450 g/mol. The van der Waals surface area contributed by atoms with Crippen LogP contribution in [-0.4, -0.2) is 52.3 Å². The molecule has 3 heterocycles. The summed E-state index contributed by atoms with van der Waals surface area (Å²) < 4.78 is 12.4. The highest BCUT2D eigenvalue weighted by molar-refractivity contribution is 5.89. The molecule has 3 aromatic rings. The number of rotatable bonds is 4. The van der Waals surface area contributed by atoms with E-state index in [1.54, 1.807) is 17.0 Å². The minimum Gasteiger partial charge on any atom is -0.465 e. The fraction of sp³-hybridized carbons (Fsp3) is 0.423. The Morgan fingerprint density at radius 2 is 1.79 bits per heavy atom. The summed E-state index contributed by atoms with van der Waals surface area (Å²) in [6.45, 7) is 7.73. The highest BCUT2D eigenvalue weighted by atomic mass is 16.6. The quantitative estimate of drug-likeness (QED) is 0.525. The molecule has 4 rings (SSSR count). The van der Waals surface area contributed by atoms with Gasteiger partial charge in [-0.05, 0) is 74.9 Å². The number of carbonyl (C=O) groups is 2. The average Bonchev–Trinajstić information content (AvgIpc) is 3.20. The van der Waals surface area contributed by atoms with Crippen molar-refractivity contribution >= 4 is 23.1 Å². The first kappa shape index (κ1) is 22.8. The second-order valence-electron chi connectivity index (χ2n) is 9.56. The lowest BCUT2D eigenvalue weighted by Gasteiger charge is -2.33. The number of fused-ring (bicyclic) bond motifs is 1. The van der Waals surface area contributed by atoms with Crippen molar-refractivity contribution in [2.75, 3.05) is 20.2 Å². The number of esters is 1. The number of methoxy groups -OCH3 is 1. The van der Waals surface area contributed by atoms with Gasteiger partial charge in [-0.15, -0.1) is 0 Å². The molecule has 0 atom stereocenters. The van der Waals surface area contributed by atoms with Crippen molar-refractivity contribution in [2.45, 2.75) is 51.7 Å². The zero-order valence-electron chi connectivity index (χ0n) is 19.7. The maximum atomic E-state index is 12.3. The number of likely N-dealkylation sites (tertiary alicyclic amines) is 1. The van der Waals surface area contributed by atoms with E-state index in [0.29, 0.717) is 31.1 Å². The van der Waals surface area contributed by atoms with Crippen molar-refractivity contribution in [3.63, 3.8) is 0 Å². The van der Waals surface area contributed by atoms with Crippen LogP contribution >= 0.6 is 0 Å². The fourth-order valence-corrected chi connectivity index (χ4v) is 4.23. The Labute approximate surface area is 194 Å². The van der Waals surface area contributed by atoms with Crippen LogP contribution in [0, 0.1) is 0 Å². The first-order chi connectivity index (χ1) is 15.7. The molecule has 1 aliphatic heterocycles. The molecule has 0 spiro atoms. The summed E-state index contributed by atoms with van der Waals surface area (Å²) in [6, 6.07) is 11.7. The maximum absolute atomic E-state index is 12.3. The number of hydrogen-bond acceptors (Lipinski definition) is 5. The van der Waals surface area contributed by atoms with Crippen molar-refractivity contribution in [1.82, 2.24) is 14.5 Å². The first-order valence-electron chi connectivity index (χ1n) is 11.3. The van der Waals surface area contributed by atoms with E-state index in [1.165, 1.54) is 12.7 Å². The highest BCUT2D eigenvalue weighted by Gasteiger charge is 2.27. The van der Waals surface area contributed by atoms with E-state index in [4.69, 9.17) is 14.5 Å². The predicted octanol–water partition coefficient (Wildman–Crippen LogP) is 4.99. The monoisotopic (exact) mass is 449 g/mol. The summed E-state index contributed by atoms with van der Waals surface area (Å²) >= 11 is 0. The van der Waals surface area contributed by atoms with Crippen LogP contribution < -0.4 is 0 Å². The molecule has 1 fully saturated rings. The largest absolute Gasteiger partial charge is 0.465 e. The molecule has 0 unspecified atom stereocenters.